The van der Waals surface area contributed by atoms with Crippen LogP contribution in [-0.4, -0.2) is 25.1 Å². The zero-order chi connectivity index (χ0) is 14.6. The zero-order valence-corrected chi connectivity index (χ0v) is 12.6. The van der Waals surface area contributed by atoms with E-state index in [0.29, 0.717) is 6.54 Å². The van der Waals surface area contributed by atoms with Crippen LogP contribution in [0.25, 0.3) is 0 Å². The van der Waals surface area contributed by atoms with Crippen molar-refractivity contribution in [2.24, 2.45) is 0 Å². The number of nitrogens with one attached hydrogen (secondary N) is 2. The number of amides is 1. The van der Waals surface area contributed by atoms with Crippen molar-refractivity contribution in [2.45, 2.75) is 45.2 Å². The maximum absolute atomic E-state index is 12.4. The third-order valence-electron chi connectivity index (χ3n) is 4.27. The number of aryl methyl sites for hydroxylation is 1. The van der Waals surface area contributed by atoms with Crippen LogP contribution in [-0.2, 0) is 11.3 Å². The number of rotatable bonds is 5. The number of carbonyl (C=O) groups excluding carboxylic acids is 1. The van der Waals surface area contributed by atoms with Crippen LogP contribution in [0.5, 0.6) is 5.75 Å². The first kappa shape index (κ1) is 14.9. The van der Waals surface area contributed by atoms with E-state index in [1.54, 1.807) is 7.11 Å². The van der Waals surface area contributed by atoms with Crippen molar-refractivity contribution in [3.63, 3.8) is 0 Å². The zero-order valence-electron chi connectivity index (χ0n) is 12.6. The largest absolute Gasteiger partial charge is 0.497 e. The highest BCUT2D eigenvalue weighted by Crippen LogP contribution is 2.23. The fourth-order valence-electron chi connectivity index (χ4n) is 2.80. The molecule has 4 nitrogen and oxygen atoms in total. The molecule has 1 atom stereocenters. The topological polar surface area (TPSA) is 50.4 Å². The first-order valence-corrected chi connectivity index (χ1v) is 7.28. The van der Waals surface area contributed by atoms with E-state index >= 15 is 0 Å². The molecule has 1 aromatic carbocycles. The minimum Gasteiger partial charge on any atom is -0.497 e. The second-order valence-corrected chi connectivity index (χ2v) is 5.44. The average Bonchev–Trinajstić information content (AvgIpc) is 2.95. The molecule has 110 valence electrons. The number of methoxy groups -OCH3 is 1. The first-order chi connectivity index (χ1) is 9.61. The molecule has 0 spiro atoms. The molecular formula is C16H24N2O2. The van der Waals surface area contributed by atoms with Crippen molar-refractivity contribution in [3.05, 3.63) is 29.3 Å². The van der Waals surface area contributed by atoms with Gasteiger partial charge in [0.1, 0.15) is 5.75 Å². The number of hydrogen-bond donors (Lipinski definition) is 2. The Bertz CT molecular complexity index is 479. The Morgan fingerprint density at radius 2 is 2.30 bits per heavy atom. The van der Waals surface area contributed by atoms with Gasteiger partial charge in [0.05, 0.1) is 12.6 Å². The van der Waals surface area contributed by atoms with E-state index in [1.165, 1.54) is 0 Å². The summed E-state index contributed by atoms with van der Waals surface area (Å²) in [6.07, 6.45) is 2.83. The summed E-state index contributed by atoms with van der Waals surface area (Å²) >= 11 is 0. The smallest absolute Gasteiger partial charge is 0.240 e. The molecule has 1 heterocycles. The summed E-state index contributed by atoms with van der Waals surface area (Å²) in [5.41, 5.74) is 1.90. The van der Waals surface area contributed by atoms with Crippen molar-refractivity contribution < 1.29 is 9.53 Å². The van der Waals surface area contributed by atoms with Crippen molar-refractivity contribution in [1.29, 1.82) is 0 Å². The van der Waals surface area contributed by atoms with Crippen LogP contribution in [0.4, 0.5) is 0 Å². The SMILES string of the molecule is CCC1(C(=O)NCc2ccc(OC)cc2C)CCCN1. The summed E-state index contributed by atoms with van der Waals surface area (Å²) in [6.45, 7) is 5.60. The molecule has 20 heavy (non-hydrogen) atoms. The van der Waals surface area contributed by atoms with E-state index in [4.69, 9.17) is 4.74 Å². The Balaban J connectivity index is 1.99. The molecule has 1 aliphatic rings. The normalized spacial score (nSPS) is 21.8. The van der Waals surface area contributed by atoms with Crippen LogP contribution < -0.4 is 15.4 Å². The van der Waals surface area contributed by atoms with E-state index < -0.39 is 0 Å². The lowest BCUT2D eigenvalue weighted by molar-refractivity contribution is -0.127. The Kier molecular flexibility index (Phi) is 4.65. The molecule has 1 amide bonds. The van der Waals surface area contributed by atoms with Crippen LogP contribution >= 0.6 is 0 Å². The van der Waals surface area contributed by atoms with Crippen molar-refractivity contribution in [3.8, 4) is 5.75 Å². The van der Waals surface area contributed by atoms with Crippen molar-refractivity contribution in [1.82, 2.24) is 10.6 Å². The van der Waals surface area contributed by atoms with Gasteiger partial charge in [-0.3, -0.25) is 4.79 Å². The summed E-state index contributed by atoms with van der Waals surface area (Å²) in [4.78, 5) is 12.4. The van der Waals surface area contributed by atoms with Gasteiger partial charge < -0.3 is 15.4 Å². The highest BCUT2D eigenvalue weighted by Gasteiger charge is 2.38. The molecule has 0 aromatic heterocycles. The van der Waals surface area contributed by atoms with Crippen LogP contribution in [0.2, 0.25) is 0 Å². The van der Waals surface area contributed by atoms with Crippen LogP contribution in [0.3, 0.4) is 0 Å². The third kappa shape index (κ3) is 2.96. The Morgan fingerprint density at radius 3 is 2.85 bits per heavy atom. The van der Waals surface area contributed by atoms with E-state index in [9.17, 15) is 4.79 Å². The van der Waals surface area contributed by atoms with Gasteiger partial charge in [-0.1, -0.05) is 13.0 Å². The van der Waals surface area contributed by atoms with E-state index in [0.717, 1.165) is 42.7 Å². The Labute approximate surface area is 120 Å². The molecule has 0 bridgehead atoms. The summed E-state index contributed by atoms with van der Waals surface area (Å²) in [7, 11) is 1.66. The molecule has 1 aromatic rings. The minimum atomic E-state index is -0.361. The minimum absolute atomic E-state index is 0.118. The van der Waals surface area contributed by atoms with Gasteiger partial charge in [0, 0.05) is 6.54 Å². The number of carbonyl (C=O) groups is 1. The second kappa shape index (κ2) is 6.27. The monoisotopic (exact) mass is 276 g/mol. The fraction of sp³-hybridized carbons (Fsp3) is 0.562. The highest BCUT2D eigenvalue weighted by atomic mass is 16.5. The number of benzene rings is 1. The lowest BCUT2D eigenvalue weighted by Gasteiger charge is -2.26. The standard InChI is InChI=1S/C16H24N2O2/c1-4-16(8-5-9-18-16)15(19)17-11-13-6-7-14(20-3)10-12(13)2/h6-7,10,18H,4-5,8-9,11H2,1-3H3,(H,17,19). The van der Waals surface area contributed by atoms with Gasteiger partial charge in [-0.2, -0.15) is 0 Å². The lowest BCUT2D eigenvalue weighted by atomic mass is 9.93. The molecule has 0 radical (unpaired) electrons. The second-order valence-electron chi connectivity index (χ2n) is 5.44. The number of hydrogen-bond acceptors (Lipinski definition) is 3. The van der Waals surface area contributed by atoms with Gasteiger partial charge in [0.25, 0.3) is 0 Å². The average molecular weight is 276 g/mol. The van der Waals surface area contributed by atoms with Crippen molar-refractivity contribution in [2.75, 3.05) is 13.7 Å². The molecular weight excluding hydrogens is 252 g/mol. The molecule has 4 heteroatoms. The molecule has 2 rings (SSSR count). The van der Waals surface area contributed by atoms with Crippen LogP contribution in [0, 0.1) is 6.92 Å². The molecule has 1 saturated heterocycles. The van der Waals surface area contributed by atoms with Gasteiger partial charge >= 0.3 is 0 Å². The molecule has 1 fully saturated rings. The van der Waals surface area contributed by atoms with E-state index in [-0.39, 0.29) is 11.4 Å². The number of ether oxygens (including phenoxy) is 1. The van der Waals surface area contributed by atoms with Crippen molar-refractivity contribution >= 4 is 5.91 Å². The van der Waals surface area contributed by atoms with Gasteiger partial charge in [-0.05, 0) is 56.0 Å². The predicted octanol–water partition coefficient (Wildman–Crippen LogP) is 2.15. The lowest BCUT2D eigenvalue weighted by Crippen LogP contribution is -2.52. The summed E-state index contributed by atoms with van der Waals surface area (Å²) in [6, 6.07) is 5.93. The van der Waals surface area contributed by atoms with Gasteiger partial charge in [0.15, 0.2) is 0 Å². The Morgan fingerprint density at radius 1 is 1.50 bits per heavy atom. The van der Waals surface area contributed by atoms with Gasteiger partial charge in [-0.15, -0.1) is 0 Å². The summed E-state index contributed by atoms with van der Waals surface area (Å²) < 4.78 is 5.19. The molecule has 1 unspecified atom stereocenters. The van der Waals surface area contributed by atoms with Crippen LogP contribution in [0.1, 0.15) is 37.3 Å². The quantitative estimate of drug-likeness (QED) is 0.866. The highest BCUT2D eigenvalue weighted by molar-refractivity contribution is 5.86. The first-order valence-electron chi connectivity index (χ1n) is 7.28. The van der Waals surface area contributed by atoms with Crippen LogP contribution in [0.15, 0.2) is 18.2 Å². The van der Waals surface area contributed by atoms with E-state index in [1.807, 2.05) is 25.1 Å². The predicted molar refractivity (Wildman–Crippen MR) is 79.8 cm³/mol. The maximum atomic E-state index is 12.4. The maximum Gasteiger partial charge on any atom is 0.240 e. The summed E-state index contributed by atoms with van der Waals surface area (Å²) in [5.74, 6) is 0.966. The Hall–Kier alpha value is -1.55. The third-order valence-corrected chi connectivity index (χ3v) is 4.27. The fourth-order valence-corrected chi connectivity index (χ4v) is 2.80. The van der Waals surface area contributed by atoms with Gasteiger partial charge in [-0.25, -0.2) is 0 Å². The molecule has 0 saturated carbocycles. The molecule has 2 N–H and O–H groups in total. The molecule has 0 aliphatic carbocycles. The van der Waals surface area contributed by atoms with Gasteiger partial charge in [0.2, 0.25) is 5.91 Å². The van der Waals surface area contributed by atoms with E-state index in [2.05, 4.69) is 17.6 Å². The molecule has 1 aliphatic heterocycles. The summed E-state index contributed by atoms with van der Waals surface area (Å²) in [5, 5.41) is 6.43.